The monoisotopic (exact) mass is 410 g/mol. The van der Waals surface area contributed by atoms with Gasteiger partial charge >= 0.3 is 12.1 Å². The molecule has 1 saturated heterocycles. The van der Waals surface area contributed by atoms with Gasteiger partial charge < -0.3 is 15.2 Å². The molecule has 1 aliphatic heterocycles. The lowest BCUT2D eigenvalue weighted by atomic mass is 10.0. The van der Waals surface area contributed by atoms with E-state index in [-0.39, 0.29) is 13.0 Å². The summed E-state index contributed by atoms with van der Waals surface area (Å²) in [6.45, 7) is 2.45. The maximum Gasteiger partial charge on any atom is 0.410 e. The number of carbonyl (C=O) groups is 3. The maximum atomic E-state index is 12.8. The third kappa shape index (κ3) is 5.59. The van der Waals surface area contributed by atoms with E-state index in [1.165, 1.54) is 4.90 Å². The zero-order valence-electron chi connectivity index (χ0n) is 16.9. The minimum Gasteiger partial charge on any atom is -0.480 e. The van der Waals surface area contributed by atoms with E-state index in [2.05, 4.69) is 5.32 Å². The number of nitrogens with one attached hydrogen (secondary N) is 1. The Morgan fingerprint density at radius 1 is 1.13 bits per heavy atom. The SMILES string of the molecule is Cc1cccc(C[C@@H](NC(=O)[C@H]2CCCN2C(=O)OCc2ccccc2)C(=O)O)c1. The molecule has 0 saturated carbocycles. The third-order valence-corrected chi connectivity index (χ3v) is 5.13. The van der Waals surface area contributed by atoms with Gasteiger partial charge in [0.05, 0.1) is 0 Å². The van der Waals surface area contributed by atoms with Gasteiger partial charge in [0.15, 0.2) is 0 Å². The van der Waals surface area contributed by atoms with Crippen LogP contribution in [0.4, 0.5) is 4.79 Å². The predicted octanol–water partition coefficient (Wildman–Crippen LogP) is 2.91. The number of ether oxygens (including phenoxy) is 1. The number of carboxylic acids is 1. The van der Waals surface area contributed by atoms with Crippen molar-refractivity contribution >= 4 is 18.0 Å². The van der Waals surface area contributed by atoms with Crippen molar-refractivity contribution in [2.24, 2.45) is 0 Å². The lowest BCUT2D eigenvalue weighted by Gasteiger charge is -2.25. The fourth-order valence-electron chi connectivity index (χ4n) is 3.60. The zero-order valence-corrected chi connectivity index (χ0v) is 16.9. The molecule has 0 aliphatic carbocycles. The van der Waals surface area contributed by atoms with Gasteiger partial charge in [-0.2, -0.15) is 0 Å². The number of hydrogen-bond donors (Lipinski definition) is 2. The molecule has 1 heterocycles. The number of carboxylic acid groups (broad SMARTS) is 1. The molecule has 2 amide bonds. The highest BCUT2D eigenvalue weighted by atomic mass is 16.6. The van der Waals surface area contributed by atoms with Gasteiger partial charge in [-0.05, 0) is 30.9 Å². The maximum absolute atomic E-state index is 12.8. The summed E-state index contributed by atoms with van der Waals surface area (Å²) in [4.78, 5) is 38.3. The minimum absolute atomic E-state index is 0.121. The molecular weight excluding hydrogens is 384 g/mol. The molecule has 1 fully saturated rings. The van der Waals surface area contributed by atoms with Crippen LogP contribution in [0.1, 0.15) is 29.5 Å². The van der Waals surface area contributed by atoms with Crippen LogP contribution in [0.3, 0.4) is 0 Å². The molecule has 0 bridgehead atoms. The first-order chi connectivity index (χ1) is 14.4. The molecule has 7 heteroatoms. The number of aryl methyl sites for hydroxylation is 1. The van der Waals surface area contributed by atoms with E-state index in [0.717, 1.165) is 16.7 Å². The second kappa shape index (κ2) is 9.91. The topological polar surface area (TPSA) is 95.9 Å². The van der Waals surface area contributed by atoms with Crippen LogP contribution < -0.4 is 5.32 Å². The molecule has 0 radical (unpaired) electrons. The molecule has 7 nitrogen and oxygen atoms in total. The molecule has 2 aromatic rings. The quantitative estimate of drug-likeness (QED) is 0.732. The van der Waals surface area contributed by atoms with Crippen molar-refractivity contribution in [1.82, 2.24) is 10.2 Å². The summed E-state index contributed by atoms with van der Waals surface area (Å²) in [5, 5.41) is 12.2. The Kier molecular flexibility index (Phi) is 7.06. The van der Waals surface area contributed by atoms with Gasteiger partial charge in [0.25, 0.3) is 0 Å². The van der Waals surface area contributed by atoms with E-state index in [4.69, 9.17) is 4.74 Å². The number of nitrogens with zero attached hydrogens (tertiary/aromatic N) is 1. The largest absolute Gasteiger partial charge is 0.480 e. The van der Waals surface area contributed by atoms with Crippen molar-refractivity contribution in [2.75, 3.05) is 6.54 Å². The van der Waals surface area contributed by atoms with Gasteiger partial charge in [-0.1, -0.05) is 60.2 Å². The lowest BCUT2D eigenvalue weighted by molar-refractivity contribution is -0.142. The van der Waals surface area contributed by atoms with Gasteiger partial charge in [0.2, 0.25) is 5.91 Å². The van der Waals surface area contributed by atoms with Crippen LogP contribution in [0.2, 0.25) is 0 Å². The van der Waals surface area contributed by atoms with E-state index < -0.39 is 30.1 Å². The molecule has 0 unspecified atom stereocenters. The van der Waals surface area contributed by atoms with Crippen LogP contribution in [-0.4, -0.2) is 46.6 Å². The summed E-state index contributed by atoms with van der Waals surface area (Å²) in [6.07, 6.45) is 0.743. The van der Waals surface area contributed by atoms with Gasteiger partial charge in [-0.3, -0.25) is 9.69 Å². The average molecular weight is 410 g/mol. The molecule has 158 valence electrons. The molecular formula is C23H26N2O5. The predicted molar refractivity (Wildman–Crippen MR) is 111 cm³/mol. The van der Waals surface area contributed by atoms with Gasteiger partial charge in [0.1, 0.15) is 18.7 Å². The molecule has 2 N–H and O–H groups in total. The van der Waals surface area contributed by atoms with Crippen LogP contribution in [-0.2, 0) is 27.4 Å². The lowest BCUT2D eigenvalue weighted by Crippen LogP contribution is -2.51. The summed E-state index contributed by atoms with van der Waals surface area (Å²) < 4.78 is 5.34. The van der Waals surface area contributed by atoms with Crippen LogP contribution in [0, 0.1) is 6.92 Å². The summed E-state index contributed by atoms with van der Waals surface area (Å²) in [5.74, 6) is -1.58. The summed E-state index contributed by atoms with van der Waals surface area (Å²) in [5.41, 5.74) is 2.70. The number of likely N-dealkylation sites (tertiary alicyclic amines) is 1. The Morgan fingerprint density at radius 2 is 1.87 bits per heavy atom. The number of carbonyl (C=O) groups excluding carboxylic acids is 2. The van der Waals surface area contributed by atoms with Crippen molar-refractivity contribution in [1.29, 1.82) is 0 Å². The number of hydrogen-bond acceptors (Lipinski definition) is 4. The number of aliphatic carboxylic acids is 1. The fraction of sp³-hybridized carbons (Fsp3) is 0.348. The van der Waals surface area contributed by atoms with E-state index in [1.54, 1.807) is 0 Å². The summed E-state index contributed by atoms with van der Waals surface area (Å²) in [6, 6.07) is 15.0. The van der Waals surface area contributed by atoms with Crippen molar-refractivity contribution in [3.8, 4) is 0 Å². The zero-order chi connectivity index (χ0) is 21.5. The van der Waals surface area contributed by atoms with E-state index in [0.29, 0.717) is 19.4 Å². The van der Waals surface area contributed by atoms with Gasteiger partial charge in [-0.15, -0.1) is 0 Å². The summed E-state index contributed by atoms with van der Waals surface area (Å²) >= 11 is 0. The van der Waals surface area contributed by atoms with Crippen molar-refractivity contribution in [3.05, 3.63) is 71.3 Å². The molecule has 30 heavy (non-hydrogen) atoms. The molecule has 0 spiro atoms. The Morgan fingerprint density at radius 3 is 2.57 bits per heavy atom. The number of benzene rings is 2. The van der Waals surface area contributed by atoms with E-state index >= 15 is 0 Å². The average Bonchev–Trinajstić information content (AvgIpc) is 3.22. The first-order valence-electron chi connectivity index (χ1n) is 10.00. The minimum atomic E-state index is -1.11. The highest BCUT2D eigenvalue weighted by Gasteiger charge is 2.36. The molecule has 2 aromatic carbocycles. The highest BCUT2D eigenvalue weighted by molar-refractivity contribution is 5.89. The molecule has 1 aliphatic rings. The first kappa shape index (κ1) is 21.4. The Balaban J connectivity index is 1.60. The van der Waals surface area contributed by atoms with Crippen molar-refractivity contribution in [3.63, 3.8) is 0 Å². The smallest absolute Gasteiger partial charge is 0.410 e. The number of rotatable bonds is 7. The standard InChI is InChI=1S/C23H26N2O5/c1-16-7-5-10-18(13-16)14-19(22(27)28)24-21(26)20-11-6-12-25(20)23(29)30-15-17-8-3-2-4-9-17/h2-5,7-10,13,19-20H,6,11-12,14-15H2,1H3,(H,24,26)(H,27,28)/t19-,20-/m1/s1. The Bertz CT molecular complexity index is 899. The third-order valence-electron chi connectivity index (χ3n) is 5.13. The molecule has 0 aromatic heterocycles. The van der Waals surface area contributed by atoms with E-state index in [1.807, 2.05) is 61.5 Å². The van der Waals surface area contributed by atoms with Gasteiger partial charge in [0, 0.05) is 13.0 Å². The van der Waals surface area contributed by atoms with Crippen LogP contribution >= 0.6 is 0 Å². The van der Waals surface area contributed by atoms with Crippen LogP contribution in [0.25, 0.3) is 0 Å². The molecule has 3 rings (SSSR count). The van der Waals surface area contributed by atoms with Crippen LogP contribution in [0.5, 0.6) is 0 Å². The Labute approximate surface area is 175 Å². The highest BCUT2D eigenvalue weighted by Crippen LogP contribution is 2.19. The number of amides is 2. The van der Waals surface area contributed by atoms with Crippen molar-refractivity contribution < 1.29 is 24.2 Å². The fourth-order valence-corrected chi connectivity index (χ4v) is 3.60. The van der Waals surface area contributed by atoms with Crippen molar-refractivity contribution in [2.45, 2.75) is 44.9 Å². The molecule has 2 atom stereocenters. The second-order valence-corrected chi connectivity index (χ2v) is 7.48. The first-order valence-corrected chi connectivity index (χ1v) is 10.00. The Hall–Kier alpha value is -3.35. The second-order valence-electron chi connectivity index (χ2n) is 7.48. The van der Waals surface area contributed by atoms with Gasteiger partial charge in [-0.25, -0.2) is 9.59 Å². The normalized spacial score (nSPS) is 16.7. The van der Waals surface area contributed by atoms with E-state index in [9.17, 15) is 19.5 Å². The van der Waals surface area contributed by atoms with Crippen LogP contribution in [0.15, 0.2) is 54.6 Å². The summed E-state index contributed by atoms with van der Waals surface area (Å²) in [7, 11) is 0.